The number of rotatable bonds is 1. The fourth-order valence-corrected chi connectivity index (χ4v) is 4.11. The monoisotopic (exact) mass is 387 g/mol. The number of hydrogen-bond donors (Lipinski definition) is 1. The lowest BCUT2D eigenvalue weighted by molar-refractivity contribution is 0.0317. The number of piperidine rings is 2. The fourth-order valence-electron chi connectivity index (χ4n) is 3.74. The fraction of sp³-hybridized carbons (Fsp3) is 0.562. The molecule has 1 aromatic carbocycles. The molecule has 2 saturated heterocycles. The van der Waals surface area contributed by atoms with Crippen LogP contribution in [0.3, 0.4) is 0 Å². The van der Waals surface area contributed by atoms with Gasteiger partial charge in [-0.25, -0.2) is 0 Å². The Morgan fingerprint density at radius 3 is 2.82 bits per heavy atom. The van der Waals surface area contributed by atoms with E-state index < -0.39 is 0 Å². The highest BCUT2D eigenvalue weighted by atomic mass is 79.9. The van der Waals surface area contributed by atoms with Crippen molar-refractivity contribution in [1.82, 2.24) is 9.80 Å². The predicted molar refractivity (Wildman–Crippen MR) is 95.5 cm³/mol. The van der Waals surface area contributed by atoms with Crippen molar-refractivity contribution in [2.24, 2.45) is 5.92 Å². The Hall–Kier alpha value is -0.780. The molecule has 0 aliphatic carbocycles. The molecule has 122 valence electrons. The van der Waals surface area contributed by atoms with E-state index in [0.29, 0.717) is 23.2 Å². The third kappa shape index (κ3) is 3.42. The summed E-state index contributed by atoms with van der Waals surface area (Å²) < 4.78 is 0.907. The van der Waals surface area contributed by atoms with Gasteiger partial charge in [-0.05, 0) is 57.0 Å². The molecule has 2 aliphatic heterocycles. The van der Waals surface area contributed by atoms with Gasteiger partial charge in [-0.3, -0.25) is 4.79 Å². The van der Waals surface area contributed by atoms with E-state index in [-0.39, 0.29) is 18.3 Å². The highest BCUT2D eigenvalue weighted by Gasteiger charge is 2.36. The molecule has 0 saturated carbocycles. The summed E-state index contributed by atoms with van der Waals surface area (Å²) in [5.74, 6) is 0.685. The summed E-state index contributed by atoms with van der Waals surface area (Å²) in [6, 6.07) is 6.14. The van der Waals surface area contributed by atoms with Crippen LogP contribution in [0, 0.1) is 5.92 Å². The minimum absolute atomic E-state index is 0. The first-order valence-corrected chi connectivity index (χ1v) is 8.40. The van der Waals surface area contributed by atoms with Crippen LogP contribution in [0.4, 0.5) is 5.69 Å². The van der Waals surface area contributed by atoms with Gasteiger partial charge in [0.05, 0.1) is 5.56 Å². The first-order chi connectivity index (χ1) is 10.1. The van der Waals surface area contributed by atoms with Gasteiger partial charge < -0.3 is 15.5 Å². The molecular formula is C16H23BrClN3O. The Morgan fingerprint density at radius 1 is 1.32 bits per heavy atom. The molecule has 3 rings (SSSR count). The maximum Gasteiger partial charge on any atom is 0.255 e. The standard InChI is InChI=1S/C16H22BrN3O.ClH/c1-19-7-2-3-11-10-20(8-6-15(11)19)16(21)13-5-4-12(17)9-14(13)18;/h4-5,9,11,15H,2-3,6-8,10,18H2,1H3;1H. The first kappa shape index (κ1) is 17.6. The molecular weight excluding hydrogens is 366 g/mol. The smallest absolute Gasteiger partial charge is 0.255 e. The summed E-state index contributed by atoms with van der Waals surface area (Å²) in [7, 11) is 2.21. The van der Waals surface area contributed by atoms with Crippen LogP contribution in [-0.4, -0.2) is 48.4 Å². The van der Waals surface area contributed by atoms with Crippen molar-refractivity contribution in [2.75, 3.05) is 32.4 Å². The van der Waals surface area contributed by atoms with E-state index in [4.69, 9.17) is 5.73 Å². The lowest BCUT2D eigenvalue weighted by Crippen LogP contribution is -2.53. The van der Waals surface area contributed by atoms with E-state index >= 15 is 0 Å². The van der Waals surface area contributed by atoms with Crippen LogP contribution in [0.15, 0.2) is 22.7 Å². The van der Waals surface area contributed by atoms with Crippen LogP contribution < -0.4 is 5.73 Å². The highest BCUT2D eigenvalue weighted by Crippen LogP contribution is 2.31. The zero-order valence-corrected chi connectivity index (χ0v) is 15.2. The number of hydrogen-bond acceptors (Lipinski definition) is 3. The Labute approximate surface area is 146 Å². The SMILES string of the molecule is CN1CCCC2CN(C(=O)c3ccc(Br)cc3N)CCC21.Cl. The van der Waals surface area contributed by atoms with Crippen LogP contribution in [0.25, 0.3) is 0 Å². The van der Waals surface area contributed by atoms with E-state index in [1.54, 1.807) is 6.07 Å². The van der Waals surface area contributed by atoms with Gasteiger partial charge in [-0.2, -0.15) is 0 Å². The summed E-state index contributed by atoms with van der Waals surface area (Å²) in [5.41, 5.74) is 7.18. The van der Waals surface area contributed by atoms with E-state index in [2.05, 4.69) is 27.9 Å². The summed E-state index contributed by atoms with van der Waals surface area (Å²) in [4.78, 5) is 17.2. The predicted octanol–water partition coefficient (Wildman–Crippen LogP) is 3.01. The van der Waals surface area contributed by atoms with Gasteiger partial charge in [0.2, 0.25) is 0 Å². The largest absolute Gasteiger partial charge is 0.398 e. The van der Waals surface area contributed by atoms with E-state index in [9.17, 15) is 4.79 Å². The lowest BCUT2D eigenvalue weighted by atomic mass is 9.84. The Morgan fingerprint density at radius 2 is 2.09 bits per heavy atom. The second kappa shape index (κ2) is 7.20. The van der Waals surface area contributed by atoms with Gasteiger partial charge in [0.15, 0.2) is 0 Å². The third-order valence-electron chi connectivity index (χ3n) is 4.88. The number of likely N-dealkylation sites (tertiary alicyclic amines) is 2. The van der Waals surface area contributed by atoms with Gasteiger partial charge >= 0.3 is 0 Å². The quantitative estimate of drug-likeness (QED) is 0.752. The second-order valence-corrected chi connectivity index (χ2v) is 7.14. The highest BCUT2D eigenvalue weighted by molar-refractivity contribution is 9.10. The van der Waals surface area contributed by atoms with Crippen LogP contribution in [0.5, 0.6) is 0 Å². The second-order valence-electron chi connectivity index (χ2n) is 6.22. The van der Waals surface area contributed by atoms with Crippen LogP contribution in [0.2, 0.25) is 0 Å². The van der Waals surface area contributed by atoms with Crippen molar-refractivity contribution in [1.29, 1.82) is 0 Å². The van der Waals surface area contributed by atoms with E-state index in [1.165, 1.54) is 19.4 Å². The maximum atomic E-state index is 12.7. The van der Waals surface area contributed by atoms with Crippen LogP contribution >= 0.6 is 28.3 Å². The number of carbonyl (C=O) groups is 1. The van der Waals surface area contributed by atoms with Crippen molar-refractivity contribution in [3.05, 3.63) is 28.2 Å². The number of anilines is 1. The van der Waals surface area contributed by atoms with Gasteiger partial charge in [-0.15, -0.1) is 12.4 Å². The van der Waals surface area contributed by atoms with Crippen LogP contribution in [0.1, 0.15) is 29.6 Å². The molecule has 2 fully saturated rings. The molecule has 2 unspecified atom stereocenters. The molecule has 6 heteroatoms. The summed E-state index contributed by atoms with van der Waals surface area (Å²) in [5, 5.41) is 0. The first-order valence-electron chi connectivity index (χ1n) is 7.61. The Balaban J connectivity index is 0.00000176. The normalized spacial score (nSPS) is 25.3. The van der Waals surface area contributed by atoms with Crippen molar-refractivity contribution in [3.63, 3.8) is 0 Å². The zero-order chi connectivity index (χ0) is 15.0. The lowest BCUT2D eigenvalue weighted by Gasteiger charge is -2.46. The minimum atomic E-state index is 0. The van der Waals surface area contributed by atoms with Gasteiger partial charge in [0, 0.05) is 29.3 Å². The molecule has 0 aromatic heterocycles. The average molecular weight is 389 g/mol. The third-order valence-corrected chi connectivity index (χ3v) is 5.37. The molecule has 0 bridgehead atoms. The number of amides is 1. The van der Waals surface area contributed by atoms with Gasteiger partial charge in [-0.1, -0.05) is 15.9 Å². The maximum absolute atomic E-state index is 12.7. The number of nitrogens with two attached hydrogens (primary N) is 1. The molecule has 4 nitrogen and oxygen atoms in total. The molecule has 2 atom stereocenters. The molecule has 0 radical (unpaired) electrons. The molecule has 1 aromatic rings. The van der Waals surface area contributed by atoms with Gasteiger partial charge in [0.1, 0.15) is 0 Å². The number of carbonyl (C=O) groups excluding carboxylic acids is 1. The number of fused-ring (bicyclic) bond motifs is 1. The molecule has 22 heavy (non-hydrogen) atoms. The van der Waals surface area contributed by atoms with Crippen LogP contribution in [-0.2, 0) is 0 Å². The number of benzene rings is 1. The van der Waals surface area contributed by atoms with Crippen molar-refractivity contribution >= 4 is 39.9 Å². The van der Waals surface area contributed by atoms with E-state index in [0.717, 1.165) is 24.0 Å². The molecule has 1 amide bonds. The summed E-state index contributed by atoms with van der Waals surface area (Å²) >= 11 is 3.38. The minimum Gasteiger partial charge on any atom is -0.398 e. The van der Waals surface area contributed by atoms with Crippen molar-refractivity contribution in [2.45, 2.75) is 25.3 Å². The van der Waals surface area contributed by atoms with E-state index in [1.807, 2.05) is 17.0 Å². The number of halogens is 2. The topological polar surface area (TPSA) is 49.6 Å². The molecule has 2 heterocycles. The summed E-state index contributed by atoms with van der Waals surface area (Å²) in [6.07, 6.45) is 3.54. The molecule has 0 spiro atoms. The Kier molecular flexibility index (Phi) is 5.75. The van der Waals surface area contributed by atoms with Gasteiger partial charge in [0.25, 0.3) is 5.91 Å². The molecule has 2 N–H and O–H groups in total. The number of nitrogen functional groups attached to an aromatic ring is 1. The average Bonchev–Trinajstić information content (AvgIpc) is 2.46. The van der Waals surface area contributed by atoms with Crippen molar-refractivity contribution in [3.8, 4) is 0 Å². The zero-order valence-electron chi connectivity index (χ0n) is 12.8. The Bertz CT molecular complexity index is 554. The number of nitrogens with zero attached hydrogens (tertiary/aromatic N) is 2. The molecule has 2 aliphatic rings. The van der Waals surface area contributed by atoms with Crippen molar-refractivity contribution < 1.29 is 4.79 Å². The summed E-state index contributed by atoms with van der Waals surface area (Å²) in [6.45, 7) is 2.89.